The van der Waals surface area contributed by atoms with Crippen LogP contribution in [0.15, 0.2) is 100 Å². The zero-order valence-electron chi connectivity index (χ0n) is 43.0. The molecule has 1 aliphatic rings. The average Bonchev–Trinajstić information content (AvgIpc) is 4.06. The molecule has 0 aliphatic carbocycles. The Morgan fingerprint density at radius 2 is 1.59 bits per heavy atom. The van der Waals surface area contributed by atoms with Crippen molar-refractivity contribution in [2.75, 3.05) is 50.8 Å². The minimum absolute atomic E-state index is 0.0105. The number of aliphatic hydroxyl groups is 1. The van der Waals surface area contributed by atoms with E-state index in [2.05, 4.69) is 25.7 Å². The fourth-order valence-corrected chi connectivity index (χ4v) is 10.3. The number of aromatic nitrogens is 3. The number of nitrogens with one attached hydrogen (secondary N) is 4. The smallest absolute Gasteiger partial charge is 0.328 e. The maximum atomic E-state index is 14.0. The number of likely N-dealkylation sites (tertiary alicyclic amines) is 1. The zero-order valence-corrected chi connectivity index (χ0v) is 44.6. The zero-order chi connectivity index (χ0) is 54.0. The second-order valence-electron chi connectivity index (χ2n) is 19.2. The van der Waals surface area contributed by atoms with Crippen molar-refractivity contribution in [3.8, 4) is 27.7 Å². The number of β-amino-alcohol motifs (C(OH)–C–C–N with tert-alkyl or cyclic N) is 1. The van der Waals surface area contributed by atoms with Gasteiger partial charge in [-0.05, 0) is 66.3 Å². The highest BCUT2D eigenvalue weighted by Gasteiger charge is 2.44. The van der Waals surface area contributed by atoms with Crippen molar-refractivity contribution >= 4 is 61.7 Å². The molecule has 0 radical (unpaired) electrons. The number of ether oxygens (including phenoxy) is 4. The van der Waals surface area contributed by atoms with Gasteiger partial charge in [-0.25, -0.2) is 18.2 Å². The fourth-order valence-electron chi connectivity index (χ4n) is 8.38. The molecule has 1 aliphatic heterocycles. The molecular weight excluding hydrogens is 1000 g/mol. The van der Waals surface area contributed by atoms with E-state index in [0.717, 1.165) is 28.1 Å². The number of carbonyl (C=O) groups is 4. The van der Waals surface area contributed by atoms with Crippen molar-refractivity contribution in [2.45, 2.75) is 77.1 Å². The highest BCUT2D eigenvalue weighted by molar-refractivity contribution is 7.92. The van der Waals surface area contributed by atoms with Crippen LogP contribution in [0.2, 0.25) is 0 Å². The highest BCUT2D eigenvalue weighted by atomic mass is 32.2. The standard InChI is InChI=1S/C53H64N8O12S2/c1-8-20-72-38-12-10-13-39(26-38)73-45-28-43-42(59(6)52(67)60(43)7)27-41(45)58-75(68,69)40-14-9-11-36(24-40)49(64)54-19-21-70-22-23-71-31-46(63)57-48(53(3,4)5)51(66)61-30-37(62)25-44(61)50(65)55-29-34-15-17-35(18-16-34)47-33(2)56-32-74-47/h9-18,24,26-28,32,37,44,48,58,62H,8,19-23,25,29-31H2,1-7H3,(H,54,64)(H,55,65)(H,57,63)/t37-,44+,48-/m1/s1. The van der Waals surface area contributed by atoms with Gasteiger partial charge in [0.05, 0.1) is 70.2 Å². The van der Waals surface area contributed by atoms with E-state index in [1.54, 1.807) is 82.0 Å². The van der Waals surface area contributed by atoms with Crippen molar-refractivity contribution in [2.24, 2.45) is 19.5 Å². The summed E-state index contributed by atoms with van der Waals surface area (Å²) in [6.45, 7) is 9.77. The van der Waals surface area contributed by atoms with Gasteiger partial charge in [0.1, 0.15) is 30.2 Å². The summed E-state index contributed by atoms with van der Waals surface area (Å²) in [5.41, 5.74) is 4.63. The van der Waals surface area contributed by atoms with Crippen LogP contribution in [0.5, 0.6) is 17.2 Å². The maximum Gasteiger partial charge on any atom is 0.328 e. The number of aryl methyl sites for hydroxylation is 3. The first kappa shape index (κ1) is 55.6. The van der Waals surface area contributed by atoms with Gasteiger partial charge in [0.15, 0.2) is 5.75 Å². The molecular formula is C53H64N8O12S2. The number of fused-ring (bicyclic) bond motifs is 1. The predicted octanol–water partition coefficient (Wildman–Crippen LogP) is 5.26. The monoisotopic (exact) mass is 1070 g/mol. The normalized spacial score (nSPS) is 15.1. The summed E-state index contributed by atoms with van der Waals surface area (Å²) in [6.07, 6.45) is -0.0641. The molecule has 0 spiro atoms. The molecule has 2 aromatic heterocycles. The molecule has 4 amide bonds. The number of thiazole rings is 1. The van der Waals surface area contributed by atoms with Crippen molar-refractivity contribution in [1.82, 2.24) is 35.0 Å². The van der Waals surface area contributed by atoms with Crippen LogP contribution in [0.4, 0.5) is 5.69 Å². The van der Waals surface area contributed by atoms with Gasteiger partial charge in [-0.15, -0.1) is 11.3 Å². The molecule has 5 N–H and O–H groups in total. The van der Waals surface area contributed by atoms with E-state index in [1.807, 2.05) is 38.1 Å². The van der Waals surface area contributed by atoms with Crippen LogP contribution in [-0.2, 0) is 54.5 Å². The van der Waals surface area contributed by atoms with E-state index in [0.29, 0.717) is 29.1 Å². The van der Waals surface area contributed by atoms with Crippen LogP contribution in [0.1, 0.15) is 62.2 Å². The average molecular weight is 1070 g/mol. The molecule has 1 saturated heterocycles. The Balaban J connectivity index is 0.860. The summed E-state index contributed by atoms with van der Waals surface area (Å²) in [5, 5.41) is 18.9. The van der Waals surface area contributed by atoms with E-state index >= 15 is 0 Å². The SMILES string of the molecule is CCCOc1cccc(Oc2cc3c(cc2NS(=O)(=O)c2cccc(C(=O)NCCOCCOCC(=O)N[C@H](C(=O)N4C[C@H](O)C[C@H]4C(=O)NCc4ccc(-c5scnc5C)cc4)C(C)(C)C)c2)n(C)c(=O)n3C)c1. The minimum Gasteiger partial charge on any atom is -0.493 e. The minimum atomic E-state index is -4.32. The number of aliphatic hydroxyl groups excluding tert-OH is 1. The lowest BCUT2D eigenvalue weighted by molar-refractivity contribution is -0.144. The number of hydrogen-bond acceptors (Lipinski definition) is 14. The molecule has 3 atom stereocenters. The Bertz CT molecular complexity index is 3180. The molecule has 3 heterocycles. The van der Waals surface area contributed by atoms with Gasteiger partial charge in [0.25, 0.3) is 15.9 Å². The third-order valence-corrected chi connectivity index (χ3v) is 14.7. The van der Waals surface area contributed by atoms with E-state index in [4.69, 9.17) is 18.9 Å². The van der Waals surface area contributed by atoms with Gasteiger partial charge >= 0.3 is 5.69 Å². The lowest BCUT2D eigenvalue weighted by atomic mass is 9.85. The molecule has 0 unspecified atom stereocenters. The number of nitrogens with zero attached hydrogens (tertiary/aromatic N) is 4. The first-order valence-electron chi connectivity index (χ1n) is 24.5. The molecule has 4 aromatic carbocycles. The Hall–Kier alpha value is -7.11. The Kier molecular flexibility index (Phi) is 18.2. The van der Waals surface area contributed by atoms with Crippen LogP contribution in [0, 0.1) is 12.3 Å². The fraction of sp³-hybridized carbons (Fsp3) is 0.396. The van der Waals surface area contributed by atoms with Gasteiger partial charge in [-0.3, -0.25) is 33.0 Å². The molecule has 7 rings (SSSR count). The quantitative estimate of drug-likeness (QED) is 0.0515. The van der Waals surface area contributed by atoms with Crippen LogP contribution >= 0.6 is 11.3 Å². The summed E-state index contributed by atoms with van der Waals surface area (Å²) < 4.78 is 56.3. The van der Waals surface area contributed by atoms with Crippen molar-refractivity contribution in [3.05, 3.63) is 118 Å². The number of carbonyl (C=O) groups excluding carboxylic acids is 4. The van der Waals surface area contributed by atoms with Crippen LogP contribution in [-0.4, -0.2) is 120 Å². The van der Waals surface area contributed by atoms with E-state index in [-0.39, 0.29) is 80.1 Å². The third-order valence-electron chi connectivity index (χ3n) is 12.4. The van der Waals surface area contributed by atoms with Crippen molar-refractivity contribution < 1.29 is 51.6 Å². The summed E-state index contributed by atoms with van der Waals surface area (Å²) in [6, 6.07) is 21.3. The first-order valence-corrected chi connectivity index (χ1v) is 26.8. The summed E-state index contributed by atoms with van der Waals surface area (Å²) >= 11 is 1.55. The largest absolute Gasteiger partial charge is 0.493 e. The number of rotatable bonds is 23. The van der Waals surface area contributed by atoms with Crippen molar-refractivity contribution in [3.63, 3.8) is 0 Å². The van der Waals surface area contributed by atoms with Gasteiger partial charge in [-0.1, -0.05) is 64.1 Å². The molecule has 75 heavy (non-hydrogen) atoms. The molecule has 22 heteroatoms. The molecule has 0 bridgehead atoms. The number of hydrogen-bond donors (Lipinski definition) is 5. The van der Waals surface area contributed by atoms with Gasteiger partial charge < -0.3 is 44.9 Å². The highest BCUT2D eigenvalue weighted by Crippen LogP contribution is 2.36. The molecule has 6 aromatic rings. The molecule has 20 nitrogen and oxygen atoms in total. The summed E-state index contributed by atoms with van der Waals surface area (Å²) in [7, 11) is -1.14. The van der Waals surface area contributed by atoms with Gasteiger partial charge in [0.2, 0.25) is 17.7 Å². The van der Waals surface area contributed by atoms with Crippen LogP contribution in [0.25, 0.3) is 21.5 Å². The summed E-state index contributed by atoms with van der Waals surface area (Å²) in [5.74, 6) is -0.968. The first-order chi connectivity index (χ1) is 35.7. The third kappa shape index (κ3) is 14.0. The summed E-state index contributed by atoms with van der Waals surface area (Å²) in [4.78, 5) is 73.1. The van der Waals surface area contributed by atoms with E-state index < -0.39 is 57.3 Å². The second-order valence-corrected chi connectivity index (χ2v) is 21.7. The number of benzene rings is 4. The maximum absolute atomic E-state index is 14.0. The van der Waals surface area contributed by atoms with Gasteiger partial charge in [-0.2, -0.15) is 0 Å². The lowest BCUT2D eigenvalue weighted by Gasteiger charge is -2.35. The number of imidazole rings is 1. The van der Waals surface area contributed by atoms with E-state index in [1.165, 1.54) is 44.4 Å². The topological polar surface area (TPSA) is 251 Å². The molecule has 0 saturated carbocycles. The van der Waals surface area contributed by atoms with Crippen LogP contribution < -0.4 is 35.8 Å². The molecule has 400 valence electrons. The van der Waals surface area contributed by atoms with Gasteiger partial charge in [0, 0.05) is 57.8 Å². The molecule has 1 fully saturated rings. The number of amides is 4. The van der Waals surface area contributed by atoms with E-state index in [9.17, 15) is 37.5 Å². The lowest BCUT2D eigenvalue weighted by Crippen LogP contribution is -2.58. The van der Waals surface area contributed by atoms with Crippen LogP contribution in [0.3, 0.4) is 0 Å². The Morgan fingerprint density at radius 3 is 2.29 bits per heavy atom. The Labute approximate surface area is 439 Å². The second kappa shape index (κ2) is 24.5. The Morgan fingerprint density at radius 1 is 0.880 bits per heavy atom. The predicted molar refractivity (Wildman–Crippen MR) is 283 cm³/mol. The number of anilines is 1. The van der Waals surface area contributed by atoms with Crippen molar-refractivity contribution in [1.29, 1.82) is 0 Å². The number of sulfonamides is 1.